The third-order valence-corrected chi connectivity index (χ3v) is 4.13. The molecule has 2 heterocycles. The number of benzene rings is 2. The van der Waals surface area contributed by atoms with Gasteiger partial charge in [-0.05, 0) is 30.3 Å². The van der Waals surface area contributed by atoms with Crippen molar-refractivity contribution in [2.75, 3.05) is 5.32 Å². The van der Waals surface area contributed by atoms with Crippen molar-refractivity contribution in [1.82, 2.24) is 10.2 Å². The largest absolute Gasteiger partial charge is 0.451 e. The Bertz CT molecular complexity index is 1000. The van der Waals surface area contributed by atoms with Gasteiger partial charge in [0.15, 0.2) is 11.6 Å². The molecule has 0 spiro atoms. The lowest BCUT2D eigenvalue weighted by Gasteiger charge is -1.98. The molecule has 2 aromatic heterocycles. The molecule has 0 fully saturated rings. The molecule has 6 heteroatoms. The molecule has 5 nitrogen and oxygen atoms in total. The van der Waals surface area contributed by atoms with Crippen molar-refractivity contribution < 1.29 is 9.21 Å². The number of carbonyl (C=O) groups excluding carboxylic acids is 1. The Balaban J connectivity index is 1.70. The molecular formula is C16H10BrN3O2. The minimum atomic E-state index is -0.333. The Morgan fingerprint density at radius 3 is 2.86 bits per heavy atom. The summed E-state index contributed by atoms with van der Waals surface area (Å²) >= 11 is 3.44. The van der Waals surface area contributed by atoms with E-state index < -0.39 is 0 Å². The number of rotatable bonds is 2. The second kappa shape index (κ2) is 4.99. The number of furan rings is 1. The van der Waals surface area contributed by atoms with Crippen LogP contribution in [0.25, 0.3) is 21.9 Å². The Morgan fingerprint density at radius 2 is 2.00 bits per heavy atom. The zero-order valence-electron chi connectivity index (χ0n) is 11.3. The summed E-state index contributed by atoms with van der Waals surface area (Å²) in [5, 5.41) is 11.5. The summed E-state index contributed by atoms with van der Waals surface area (Å²) in [5.41, 5.74) is 1.52. The summed E-state index contributed by atoms with van der Waals surface area (Å²) in [4.78, 5) is 12.4. The van der Waals surface area contributed by atoms with Crippen LogP contribution >= 0.6 is 15.9 Å². The van der Waals surface area contributed by atoms with Crippen molar-refractivity contribution in [3.8, 4) is 0 Å². The molecule has 0 radical (unpaired) electrons. The average Bonchev–Trinajstić information content (AvgIpc) is 3.13. The van der Waals surface area contributed by atoms with E-state index in [1.807, 2.05) is 42.5 Å². The van der Waals surface area contributed by atoms with E-state index in [-0.39, 0.29) is 11.7 Å². The first-order valence-corrected chi connectivity index (χ1v) is 7.44. The molecule has 0 aliphatic heterocycles. The number of amides is 1. The van der Waals surface area contributed by atoms with Crippen molar-refractivity contribution in [1.29, 1.82) is 0 Å². The van der Waals surface area contributed by atoms with Gasteiger partial charge in [-0.25, -0.2) is 0 Å². The van der Waals surface area contributed by atoms with Crippen molar-refractivity contribution in [2.24, 2.45) is 0 Å². The number of carbonyl (C=O) groups is 1. The molecule has 0 bridgehead atoms. The lowest BCUT2D eigenvalue weighted by Crippen LogP contribution is -2.11. The van der Waals surface area contributed by atoms with Gasteiger partial charge in [0.2, 0.25) is 0 Å². The molecule has 0 saturated carbocycles. The van der Waals surface area contributed by atoms with Crippen molar-refractivity contribution in [2.45, 2.75) is 0 Å². The fourth-order valence-electron chi connectivity index (χ4n) is 2.37. The molecule has 0 saturated heterocycles. The highest BCUT2D eigenvalue weighted by Gasteiger charge is 2.16. The van der Waals surface area contributed by atoms with Gasteiger partial charge < -0.3 is 9.73 Å². The van der Waals surface area contributed by atoms with Crippen LogP contribution in [0.2, 0.25) is 0 Å². The quantitative estimate of drug-likeness (QED) is 0.562. The molecule has 1 amide bonds. The predicted octanol–water partition coefficient (Wildman–Crippen LogP) is 4.32. The fraction of sp³-hybridized carbons (Fsp3) is 0. The Kier molecular flexibility index (Phi) is 2.97. The van der Waals surface area contributed by atoms with Crippen LogP contribution in [-0.4, -0.2) is 16.1 Å². The highest BCUT2D eigenvalue weighted by atomic mass is 79.9. The highest BCUT2D eigenvalue weighted by molar-refractivity contribution is 9.10. The van der Waals surface area contributed by atoms with Crippen LogP contribution in [-0.2, 0) is 0 Å². The SMILES string of the molecule is O=C(Nc1n[nH]c2ccccc12)c1cc2c(Br)cccc2o1. The molecule has 2 N–H and O–H groups in total. The number of nitrogens with one attached hydrogen (secondary N) is 2. The first-order valence-electron chi connectivity index (χ1n) is 6.65. The molecule has 2 aromatic carbocycles. The van der Waals surface area contributed by atoms with Gasteiger partial charge in [-0.2, -0.15) is 5.10 Å². The smallest absolute Gasteiger partial charge is 0.292 e. The second-order valence-corrected chi connectivity index (χ2v) is 5.69. The average molecular weight is 356 g/mol. The topological polar surface area (TPSA) is 70.9 Å². The van der Waals surface area contributed by atoms with E-state index in [0.29, 0.717) is 11.4 Å². The molecule has 0 unspecified atom stereocenters. The molecule has 108 valence electrons. The van der Waals surface area contributed by atoms with Crippen LogP contribution in [0.1, 0.15) is 10.6 Å². The standard InChI is InChI=1S/C16H10BrN3O2/c17-11-5-3-7-13-10(11)8-14(22-13)16(21)18-15-9-4-1-2-6-12(9)19-20-15/h1-8H,(H2,18,19,20,21). The number of halogens is 1. The molecule has 4 aromatic rings. The molecule has 0 aliphatic carbocycles. The molecule has 0 atom stereocenters. The van der Waals surface area contributed by atoms with Crippen LogP contribution in [0.5, 0.6) is 0 Å². The monoisotopic (exact) mass is 355 g/mol. The van der Waals surface area contributed by atoms with Gasteiger partial charge in [0.05, 0.1) is 5.52 Å². The van der Waals surface area contributed by atoms with Crippen LogP contribution in [0, 0.1) is 0 Å². The van der Waals surface area contributed by atoms with Gasteiger partial charge in [-0.1, -0.05) is 34.1 Å². The van der Waals surface area contributed by atoms with E-state index in [2.05, 4.69) is 31.4 Å². The number of hydrogen-bond acceptors (Lipinski definition) is 3. The molecular weight excluding hydrogens is 346 g/mol. The van der Waals surface area contributed by atoms with Gasteiger partial charge in [0.1, 0.15) is 5.58 Å². The molecule has 22 heavy (non-hydrogen) atoms. The maximum Gasteiger partial charge on any atom is 0.292 e. The number of H-pyrrole nitrogens is 1. The summed E-state index contributed by atoms with van der Waals surface area (Å²) < 4.78 is 6.48. The number of anilines is 1. The van der Waals surface area contributed by atoms with Gasteiger partial charge in [-0.3, -0.25) is 9.89 Å². The summed E-state index contributed by atoms with van der Waals surface area (Å²) in [7, 11) is 0. The van der Waals surface area contributed by atoms with E-state index in [9.17, 15) is 4.79 Å². The van der Waals surface area contributed by atoms with Crippen molar-refractivity contribution in [3.05, 3.63) is 58.8 Å². The Hall–Kier alpha value is -2.60. The summed E-state index contributed by atoms with van der Waals surface area (Å²) in [6.07, 6.45) is 0. The van der Waals surface area contributed by atoms with E-state index in [1.165, 1.54) is 0 Å². The number of aromatic amines is 1. The lowest BCUT2D eigenvalue weighted by atomic mass is 10.2. The number of hydrogen-bond donors (Lipinski definition) is 2. The zero-order chi connectivity index (χ0) is 15.1. The lowest BCUT2D eigenvalue weighted by molar-refractivity contribution is 0.0998. The van der Waals surface area contributed by atoms with E-state index in [1.54, 1.807) is 6.07 Å². The Labute approximate surface area is 133 Å². The zero-order valence-corrected chi connectivity index (χ0v) is 12.8. The van der Waals surface area contributed by atoms with E-state index in [4.69, 9.17) is 4.42 Å². The van der Waals surface area contributed by atoms with Crippen LogP contribution in [0.4, 0.5) is 5.82 Å². The number of para-hydroxylation sites is 1. The van der Waals surface area contributed by atoms with Crippen LogP contribution in [0.15, 0.2) is 57.4 Å². The highest BCUT2D eigenvalue weighted by Crippen LogP contribution is 2.28. The van der Waals surface area contributed by atoms with Crippen LogP contribution in [0.3, 0.4) is 0 Å². The number of aromatic nitrogens is 2. The van der Waals surface area contributed by atoms with Crippen LogP contribution < -0.4 is 5.32 Å². The minimum Gasteiger partial charge on any atom is -0.451 e. The molecule has 4 rings (SSSR count). The summed E-state index contributed by atoms with van der Waals surface area (Å²) in [6, 6.07) is 14.9. The first kappa shape index (κ1) is 13.1. The maximum absolute atomic E-state index is 12.4. The number of nitrogens with zero attached hydrogens (tertiary/aromatic N) is 1. The fourth-order valence-corrected chi connectivity index (χ4v) is 2.83. The third kappa shape index (κ3) is 2.08. The van der Waals surface area contributed by atoms with Crippen molar-refractivity contribution >= 4 is 49.5 Å². The second-order valence-electron chi connectivity index (χ2n) is 4.83. The normalized spacial score (nSPS) is 11.1. The van der Waals surface area contributed by atoms with Gasteiger partial charge >= 0.3 is 0 Å². The number of fused-ring (bicyclic) bond motifs is 2. The van der Waals surface area contributed by atoms with E-state index >= 15 is 0 Å². The minimum absolute atomic E-state index is 0.244. The maximum atomic E-state index is 12.4. The molecule has 0 aliphatic rings. The third-order valence-electron chi connectivity index (χ3n) is 3.43. The van der Waals surface area contributed by atoms with Gasteiger partial charge in [0, 0.05) is 15.2 Å². The summed E-state index contributed by atoms with van der Waals surface area (Å²) in [6.45, 7) is 0. The van der Waals surface area contributed by atoms with Crippen molar-refractivity contribution in [3.63, 3.8) is 0 Å². The Morgan fingerprint density at radius 1 is 1.14 bits per heavy atom. The van der Waals surface area contributed by atoms with Gasteiger partial charge in [0.25, 0.3) is 5.91 Å². The predicted molar refractivity (Wildman–Crippen MR) is 88.0 cm³/mol. The first-order chi connectivity index (χ1) is 10.7. The summed E-state index contributed by atoms with van der Waals surface area (Å²) in [5.74, 6) is 0.398. The van der Waals surface area contributed by atoms with E-state index in [0.717, 1.165) is 20.8 Å². The van der Waals surface area contributed by atoms with Gasteiger partial charge in [-0.15, -0.1) is 0 Å².